The lowest BCUT2D eigenvalue weighted by atomic mass is 10.0. The Hall–Kier alpha value is -4.94. The Morgan fingerprint density at radius 1 is 0.957 bits per heavy atom. The number of hydrogen-bond acceptors (Lipinski definition) is 7. The molecular formula is C33H33ClN4O7S. The van der Waals surface area contributed by atoms with E-state index in [-0.39, 0.29) is 35.0 Å². The first-order valence-electron chi connectivity index (χ1n) is 14.2. The van der Waals surface area contributed by atoms with Gasteiger partial charge in [-0.05, 0) is 42.3 Å². The zero-order valence-corrected chi connectivity index (χ0v) is 27.0. The second-order valence-corrected chi connectivity index (χ2v) is 12.7. The number of nitrogens with one attached hydrogen (secondary N) is 1. The van der Waals surface area contributed by atoms with Crippen molar-refractivity contribution in [3.63, 3.8) is 0 Å². The maximum Gasteiger partial charge on any atom is 0.273 e. The van der Waals surface area contributed by atoms with E-state index in [9.17, 15) is 28.1 Å². The summed E-state index contributed by atoms with van der Waals surface area (Å²) in [4.78, 5) is 39.7. The van der Waals surface area contributed by atoms with Crippen LogP contribution in [-0.2, 0) is 32.6 Å². The SMILES string of the molecule is CNC(=O)C(Cc1ccccc1)N(Cc1ccccc1)C(=O)CN(c1cc(Cl)ccc1OC)S(=O)(=O)c1ccc(C)c([N+](=O)[O-])c1. The van der Waals surface area contributed by atoms with Crippen LogP contribution < -0.4 is 14.4 Å². The number of aryl methyl sites for hydroxylation is 1. The Labute approximate surface area is 272 Å². The quantitative estimate of drug-likeness (QED) is 0.154. The number of benzene rings is 4. The number of rotatable bonds is 13. The summed E-state index contributed by atoms with van der Waals surface area (Å²) in [5.74, 6) is -1.07. The summed E-state index contributed by atoms with van der Waals surface area (Å²) in [6.45, 7) is 0.694. The second kappa shape index (κ2) is 14.9. The summed E-state index contributed by atoms with van der Waals surface area (Å²) >= 11 is 6.29. The largest absolute Gasteiger partial charge is 0.495 e. The summed E-state index contributed by atoms with van der Waals surface area (Å²) in [5.41, 5.74) is 1.29. The van der Waals surface area contributed by atoms with E-state index in [1.165, 1.54) is 56.3 Å². The molecular weight excluding hydrogens is 632 g/mol. The zero-order chi connectivity index (χ0) is 33.4. The molecule has 4 aromatic carbocycles. The van der Waals surface area contributed by atoms with E-state index < -0.39 is 49.9 Å². The standard InChI is InChI=1S/C33H33ClN4O7S/c1-23-14-16-27(20-28(23)38(41)42)46(43,44)37(29-19-26(34)15-17-31(29)45-3)22-32(39)36(21-25-12-8-5-9-13-25)30(33(40)35-2)18-24-10-6-4-7-11-24/h4-17,19-20,30H,18,21-22H2,1-3H3,(H,35,40). The molecule has 0 aliphatic heterocycles. The third-order valence-electron chi connectivity index (χ3n) is 7.37. The third kappa shape index (κ3) is 7.82. The number of carbonyl (C=O) groups is 2. The second-order valence-electron chi connectivity index (χ2n) is 10.4. The van der Waals surface area contributed by atoms with Gasteiger partial charge in [0.1, 0.15) is 18.3 Å². The third-order valence-corrected chi connectivity index (χ3v) is 9.36. The monoisotopic (exact) mass is 664 g/mol. The van der Waals surface area contributed by atoms with E-state index in [1.807, 2.05) is 36.4 Å². The Bertz CT molecular complexity index is 1820. The molecule has 0 saturated carbocycles. The molecule has 0 heterocycles. The van der Waals surface area contributed by atoms with Gasteiger partial charge in [-0.2, -0.15) is 0 Å². The summed E-state index contributed by atoms with van der Waals surface area (Å²) in [6.07, 6.45) is 0.149. The molecule has 46 heavy (non-hydrogen) atoms. The van der Waals surface area contributed by atoms with Crippen molar-refractivity contribution in [1.29, 1.82) is 0 Å². The molecule has 4 aromatic rings. The number of amides is 2. The topological polar surface area (TPSA) is 139 Å². The minimum Gasteiger partial charge on any atom is -0.495 e. The van der Waals surface area contributed by atoms with Gasteiger partial charge in [0.05, 0.1) is 22.6 Å². The lowest BCUT2D eigenvalue weighted by Crippen LogP contribution is -2.53. The average molecular weight is 665 g/mol. The Kier molecular flexibility index (Phi) is 11.0. The molecule has 1 N–H and O–H groups in total. The number of nitro groups is 1. The van der Waals surface area contributed by atoms with Crippen LogP contribution in [0, 0.1) is 17.0 Å². The number of ether oxygens (including phenoxy) is 1. The van der Waals surface area contributed by atoms with Crippen LogP contribution in [0.2, 0.25) is 5.02 Å². The maximum absolute atomic E-state index is 14.4. The summed E-state index contributed by atoms with van der Waals surface area (Å²) in [5, 5.41) is 14.5. The van der Waals surface area contributed by atoms with Crippen LogP contribution in [-0.4, -0.2) is 56.8 Å². The smallest absolute Gasteiger partial charge is 0.273 e. The van der Waals surface area contributed by atoms with Crippen molar-refractivity contribution in [1.82, 2.24) is 10.2 Å². The molecule has 240 valence electrons. The van der Waals surface area contributed by atoms with Crippen molar-refractivity contribution in [2.75, 3.05) is 25.0 Å². The Morgan fingerprint density at radius 2 is 1.59 bits per heavy atom. The van der Waals surface area contributed by atoms with E-state index in [0.717, 1.165) is 15.9 Å². The van der Waals surface area contributed by atoms with E-state index in [1.54, 1.807) is 24.3 Å². The van der Waals surface area contributed by atoms with E-state index >= 15 is 0 Å². The lowest BCUT2D eigenvalue weighted by molar-refractivity contribution is -0.385. The number of anilines is 1. The van der Waals surface area contributed by atoms with E-state index in [4.69, 9.17) is 16.3 Å². The van der Waals surface area contributed by atoms with Crippen molar-refractivity contribution in [2.45, 2.75) is 30.8 Å². The molecule has 11 nitrogen and oxygen atoms in total. The van der Waals surface area contributed by atoms with Crippen molar-refractivity contribution >= 4 is 44.8 Å². The highest BCUT2D eigenvalue weighted by Crippen LogP contribution is 2.36. The summed E-state index contributed by atoms with van der Waals surface area (Å²) in [6, 6.07) is 24.9. The molecule has 13 heteroatoms. The van der Waals surface area contributed by atoms with Gasteiger partial charge in [-0.25, -0.2) is 8.42 Å². The molecule has 0 saturated heterocycles. The highest BCUT2D eigenvalue weighted by Gasteiger charge is 2.36. The number of sulfonamides is 1. The van der Waals surface area contributed by atoms with Gasteiger partial charge in [-0.1, -0.05) is 78.3 Å². The number of methoxy groups -OCH3 is 1. The van der Waals surface area contributed by atoms with Gasteiger partial charge < -0.3 is 15.0 Å². The van der Waals surface area contributed by atoms with Gasteiger partial charge >= 0.3 is 0 Å². The van der Waals surface area contributed by atoms with Crippen LogP contribution in [0.25, 0.3) is 0 Å². The van der Waals surface area contributed by atoms with Crippen LogP contribution in [0.15, 0.2) is 102 Å². The first kappa shape index (κ1) is 33.9. The first-order chi connectivity index (χ1) is 22.0. The van der Waals surface area contributed by atoms with Crippen LogP contribution in [0.3, 0.4) is 0 Å². The van der Waals surface area contributed by atoms with Gasteiger partial charge in [-0.15, -0.1) is 0 Å². The van der Waals surface area contributed by atoms with Gasteiger partial charge in [0.2, 0.25) is 11.8 Å². The first-order valence-corrected chi connectivity index (χ1v) is 16.0. The van der Waals surface area contributed by atoms with Crippen LogP contribution >= 0.6 is 11.6 Å². The zero-order valence-electron chi connectivity index (χ0n) is 25.4. The lowest BCUT2D eigenvalue weighted by Gasteiger charge is -2.34. The maximum atomic E-state index is 14.4. The molecule has 0 aliphatic rings. The van der Waals surface area contributed by atoms with Crippen LogP contribution in [0.5, 0.6) is 5.75 Å². The molecule has 2 amide bonds. The number of nitro benzene ring substituents is 1. The van der Waals surface area contributed by atoms with Crippen molar-refractivity contribution in [3.8, 4) is 5.75 Å². The molecule has 0 radical (unpaired) electrons. The fourth-order valence-corrected chi connectivity index (χ4v) is 6.55. The number of halogens is 1. The fraction of sp³-hybridized carbons (Fsp3) is 0.212. The highest BCUT2D eigenvalue weighted by atomic mass is 35.5. The molecule has 0 aliphatic carbocycles. The van der Waals surface area contributed by atoms with Crippen molar-refractivity contribution in [2.24, 2.45) is 0 Å². The minimum absolute atomic E-state index is 0.0127. The Morgan fingerprint density at radius 3 is 2.17 bits per heavy atom. The number of likely N-dealkylation sites (N-methyl/N-ethyl adjacent to an activating group) is 1. The van der Waals surface area contributed by atoms with E-state index in [2.05, 4.69) is 5.32 Å². The molecule has 1 atom stereocenters. The molecule has 0 aromatic heterocycles. The molecule has 0 fully saturated rings. The van der Waals surface area contributed by atoms with Gasteiger partial charge in [-0.3, -0.25) is 24.0 Å². The van der Waals surface area contributed by atoms with Crippen LogP contribution in [0.1, 0.15) is 16.7 Å². The summed E-state index contributed by atoms with van der Waals surface area (Å²) in [7, 11) is -1.85. The number of nitrogens with zero attached hydrogens (tertiary/aromatic N) is 3. The van der Waals surface area contributed by atoms with Gasteiger partial charge in [0.25, 0.3) is 15.7 Å². The highest BCUT2D eigenvalue weighted by molar-refractivity contribution is 7.92. The minimum atomic E-state index is -4.65. The summed E-state index contributed by atoms with van der Waals surface area (Å²) < 4.78 is 34.9. The van der Waals surface area contributed by atoms with Gasteiger partial charge in [0, 0.05) is 36.7 Å². The number of carbonyl (C=O) groups excluding carboxylic acids is 2. The predicted molar refractivity (Wildman–Crippen MR) is 175 cm³/mol. The number of hydrogen-bond donors (Lipinski definition) is 1. The average Bonchev–Trinajstić information content (AvgIpc) is 3.05. The van der Waals surface area contributed by atoms with Crippen molar-refractivity contribution in [3.05, 3.63) is 129 Å². The molecule has 1 unspecified atom stereocenters. The Balaban J connectivity index is 1.87. The van der Waals surface area contributed by atoms with Crippen molar-refractivity contribution < 1.29 is 27.7 Å². The predicted octanol–water partition coefficient (Wildman–Crippen LogP) is 5.15. The fourth-order valence-electron chi connectivity index (χ4n) is 4.95. The molecule has 0 spiro atoms. The van der Waals surface area contributed by atoms with E-state index in [0.29, 0.717) is 5.56 Å². The van der Waals surface area contributed by atoms with Gasteiger partial charge in [0.15, 0.2) is 0 Å². The molecule has 4 rings (SSSR count). The normalized spacial score (nSPS) is 11.7. The molecule has 0 bridgehead atoms. The van der Waals surface area contributed by atoms with Crippen LogP contribution in [0.4, 0.5) is 11.4 Å².